The smallest absolute Gasteiger partial charge is 0.289 e. The molecular weight excluding hydrogens is 244 g/mol. The highest BCUT2D eigenvalue weighted by atomic mass is 16.6. The molecule has 0 aliphatic rings. The lowest BCUT2D eigenvalue weighted by molar-refractivity contribution is -0.385. The third kappa shape index (κ3) is 3.66. The summed E-state index contributed by atoms with van der Waals surface area (Å²) >= 11 is 0. The molecule has 0 bridgehead atoms. The van der Waals surface area contributed by atoms with Gasteiger partial charge in [-0.1, -0.05) is 13.8 Å². The number of hydrogen-bond acceptors (Lipinski definition) is 5. The Morgan fingerprint density at radius 3 is 2.58 bits per heavy atom. The van der Waals surface area contributed by atoms with Gasteiger partial charge >= 0.3 is 0 Å². The summed E-state index contributed by atoms with van der Waals surface area (Å²) in [5.41, 5.74) is 6.28. The summed E-state index contributed by atoms with van der Waals surface area (Å²) in [5, 5.41) is 22.7. The molecule has 0 aliphatic heterocycles. The average molecular weight is 262 g/mol. The standard InChI is InChI=1S/C13H18N4O2/c1-3-13(15,4-2)9-16-11-6-5-10(8-14)12(7-11)17(18)19/h5-7,16H,3-4,9,15H2,1-2H3. The Balaban J connectivity index is 2.90. The van der Waals surface area contributed by atoms with E-state index in [1.165, 1.54) is 12.1 Å². The van der Waals surface area contributed by atoms with E-state index in [9.17, 15) is 10.1 Å². The van der Waals surface area contributed by atoms with E-state index >= 15 is 0 Å². The van der Waals surface area contributed by atoms with Crippen molar-refractivity contribution in [3.8, 4) is 6.07 Å². The van der Waals surface area contributed by atoms with E-state index in [1.807, 2.05) is 13.8 Å². The first-order valence-corrected chi connectivity index (χ1v) is 6.17. The molecule has 0 aromatic heterocycles. The van der Waals surface area contributed by atoms with Gasteiger partial charge in [-0.3, -0.25) is 10.1 Å². The maximum atomic E-state index is 10.8. The molecule has 0 spiro atoms. The molecule has 0 saturated heterocycles. The molecule has 3 N–H and O–H groups in total. The number of rotatable bonds is 6. The van der Waals surface area contributed by atoms with Crippen LogP contribution in [-0.2, 0) is 0 Å². The molecule has 0 saturated carbocycles. The van der Waals surface area contributed by atoms with Gasteiger partial charge in [0, 0.05) is 23.8 Å². The Kier molecular flexibility index (Phi) is 4.84. The summed E-state index contributed by atoms with van der Waals surface area (Å²) < 4.78 is 0. The molecule has 6 heteroatoms. The van der Waals surface area contributed by atoms with Crippen molar-refractivity contribution in [3.05, 3.63) is 33.9 Å². The van der Waals surface area contributed by atoms with Crippen molar-refractivity contribution >= 4 is 11.4 Å². The molecule has 19 heavy (non-hydrogen) atoms. The lowest BCUT2D eigenvalue weighted by Crippen LogP contribution is -2.45. The van der Waals surface area contributed by atoms with Crippen LogP contribution in [-0.4, -0.2) is 17.0 Å². The number of nitriles is 1. The van der Waals surface area contributed by atoms with E-state index in [0.29, 0.717) is 12.2 Å². The van der Waals surface area contributed by atoms with Crippen LogP contribution in [0.25, 0.3) is 0 Å². The summed E-state index contributed by atoms with van der Waals surface area (Å²) in [4.78, 5) is 10.3. The van der Waals surface area contributed by atoms with Crippen LogP contribution in [0.15, 0.2) is 18.2 Å². The molecule has 1 aromatic rings. The zero-order valence-electron chi connectivity index (χ0n) is 11.1. The Bertz CT molecular complexity index is 504. The fraction of sp³-hybridized carbons (Fsp3) is 0.462. The van der Waals surface area contributed by atoms with E-state index < -0.39 is 4.92 Å². The second-order valence-corrected chi connectivity index (χ2v) is 4.52. The number of nitrogens with one attached hydrogen (secondary N) is 1. The molecule has 0 fully saturated rings. The topological polar surface area (TPSA) is 105 Å². The Labute approximate surface area is 112 Å². The van der Waals surface area contributed by atoms with Gasteiger partial charge in [0.25, 0.3) is 5.69 Å². The maximum absolute atomic E-state index is 10.8. The van der Waals surface area contributed by atoms with Crippen molar-refractivity contribution in [1.29, 1.82) is 5.26 Å². The van der Waals surface area contributed by atoms with Crippen molar-refractivity contribution in [2.24, 2.45) is 5.73 Å². The molecule has 0 heterocycles. The predicted octanol–water partition coefficient (Wildman–Crippen LogP) is 2.40. The fourth-order valence-electron chi connectivity index (χ4n) is 1.67. The van der Waals surface area contributed by atoms with E-state index in [1.54, 1.807) is 12.1 Å². The predicted molar refractivity (Wildman–Crippen MR) is 73.8 cm³/mol. The largest absolute Gasteiger partial charge is 0.383 e. The first kappa shape index (κ1) is 14.9. The molecule has 1 aromatic carbocycles. The summed E-state index contributed by atoms with van der Waals surface area (Å²) in [6.07, 6.45) is 1.63. The summed E-state index contributed by atoms with van der Waals surface area (Å²) in [6.45, 7) is 4.54. The number of hydrogen-bond donors (Lipinski definition) is 2. The Morgan fingerprint density at radius 2 is 2.11 bits per heavy atom. The summed E-state index contributed by atoms with van der Waals surface area (Å²) in [5.74, 6) is 0. The fourth-order valence-corrected chi connectivity index (χ4v) is 1.67. The van der Waals surface area contributed by atoms with Gasteiger partial charge in [-0.15, -0.1) is 0 Å². The third-order valence-corrected chi connectivity index (χ3v) is 3.37. The molecule has 0 unspecified atom stereocenters. The van der Waals surface area contributed by atoms with Crippen molar-refractivity contribution in [2.45, 2.75) is 32.2 Å². The van der Waals surface area contributed by atoms with E-state index in [4.69, 9.17) is 11.0 Å². The van der Waals surface area contributed by atoms with Gasteiger partial charge in [0.05, 0.1) is 4.92 Å². The van der Waals surface area contributed by atoms with Crippen molar-refractivity contribution < 1.29 is 4.92 Å². The van der Waals surface area contributed by atoms with E-state index in [-0.39, 0.29) is 16.8 Å². The van der Waals surface area contributed by atoms with Crippen LogP contribution in [0.2, 0.25) is 0 Å². The van der Waals surface area contributed by atoms with Crippen LogP contribution < -0.4 is 11.1 Å². The van der Waals surface area contributed by atoms with E-state index in [2.05, 4.69) is 5.32 Å². The minimum absolute atomic E-state index is 0.0561. The SMILES string of the molecule is CCC(N)(CC)CNc1ccc(C#N)c([N+](=O)[O-])c1. The normalized spacial score (nSPS) is 10.8. The first-order valence-electron chi connectivity index (χ1n) is 6.17. The minimum Gasteiger partial charge on any atom is -0.383 e. The molecule has 0 aliphatic carbocycles. The van der Waals surface area contributed by atoms with Crippen LogP contribution in [0.1, 0.15) is 32.3 Å². The maximum Gasteiger partial charge on any atom is 0.289 e. The van der Waals surface area contributed by atoms with Gasteiger partial charge in [-0.2, -0.15) is 5.26 Å². The number of benzene rings is 1. The number of nitro benzene ring substituents is 1. The monoisotopic (exact) mass is 262 g/mol. The van der Waals surface area contributed by atoms with Crippen molar-refractivity contribution in [3.63, 3.8) is 0 Å². The lowest BCUT2D eigenvalue weighted by atomic mass is 9.94. The molecular formula is C13H18N4O2. The van der Waals surface area contributed by atoms with Crippen LogP contribution in [0.3, 0.4) is 0 Å². The highest BCUT2D eigenvalue weighted by Crippen LogP contribution is 2.23. The second kappa shape index (κ2) is 6.16. The van der Waals surface area contributed by atoms with Crippen LogP contribution in [0.5, 0.6) is 0 Å². The average Bonchev–Trinajstić information content (AvgIpc) is 2.44. The zero-order chi connectivity index (χ0) is 14.5. The Hall–Kier alpha value is -2.13. The number of nitrogens with zero attached hydrogens (tertiary/aromatic N) is 2. The number of nitrogens with two attached hydrogens (primary N) is 1. The molecule has 0 radical (unpaired) electrons. The first-order chi connectivity index (χ1) is 8.95. The molecule has 6 nitrogen and oxygen atoms in total. The second-order valence-electron chi connectivity index (χ2n) is 4.52. The highest BCUT2D eigenvalue weighted by Gasteiger charge is 2.20. The van der Waals surface area contributed by atoms with Gasteiger partial charge in [0.1, 0.15) is 11.6 Å². The highest BCUT2D eigenvalue weighted by molar-refractivity contribution is 5.59. The minimum atomic E-state index is -0.556. The van der Waals surface area contributed by atoms with Crippen LogP contribution >= 0.6 is 0 Å². The van der Waals surface area contributed by atoms with E-state index in [0.717, 1.165) is 12.8 Å². The third-order valence-electron chi connectivity index (χ3n) is 3.37. The molecule has 0 amide bonds. The van der Waals surface area contributed by atoms with Gasteiger partial charge in [0.2, 0.25) is 0 Å². The quantitative estimate of drug-likeness (QED) is 0.605. The van der Waals surface area contributed by atoms with Crippen LogP contribution in [0.4, 0.5) is 11.4 Å². The molecule has 102 valence electrons. The number of nitro groups is 1. The molecule has 0 atom stereocenters. The van der Waals surface area contributed by atoms with Gasteiger partial charge in [0.15, 0.2) is 0 Å². The van der Waals surface area contributed by atoms with Crippen LogP contribution in [0, 0.1) is 21.4 Å². The Morgan fingerprint density at radius 1 is 1.47 bits per heavy atom. The number of anilines is 1. The van der Waals surface area contributed by atoms with Gasteiger partial charge in [-0.05, 0) is 25.0 Å². The summed E-state index contributed by atoms with van der Waals surface area (Å²) in [6, 6.07) is 6.26. The van der Waals surface area contributed by atoms with Crippen molar-refractivity contribution in [2.75, 3.05) is 11.9 Å². The summed E-state index contributed by atoms with van der Waals surface area (Å²) in [7, 11) is 0. The van der Waals surface area contributed by atoms with Gasteiger partial charge < -0.3 is 11.1 Å². The van der Waals surface area contributed by atoms with Crippen molar-refractivity contribution in [1.82, 2.24) is 0 Å². The lowest BCUT2D eigenvalue weighted by Gasteiger charge is -2.27. The zero-order valence-corrected chi connectivity index (χ0v) is 11.1. The molecule has 1 rings (SSSR count). The van der Waals surface area contributed by atoms with Gasteiger partial charge in [-0.25, -0.2) is 0 Å².